The van der Waals surface area contributed by atoms with Gasteiger partial charge in [0.05, 0.1) is 0 Å². The lowest BCUT2D eigenvalue weighted by Crippen LogP contribution is -2.24. The van der Waals surface area contributed by atoms with E-state index in [9.17, 15) is 9.59 Å². The number of hydrogen-bond donors (Lipinski definition) is 0. The van der Waals surface area contributed by atoms with Crippen molar-refractivity contribution in [1.82, 2.24) is 0 Å². The van der Waals surface area contributed by atoms with Gasteiger partial charge in [0, 0.05) is 19.3 Å². The Morgan fingerprint density at radius 2 is 0.543 bits per heavy atom. The van der Waals surface area contributed by atoms with Crippen molar-refractivity contribution in [3.05, 3.63) is 0 Å². The molecule has 4 nitrogen and oxygen atoms in total. The lowest BCUT2D eigenvalue weighted by Gasteiger charge is -2.18. The predicted octanol–water partition coefficient (Wildman–Crippen LogP) is 14.5. The molecule has 46 heavy (non-hydrogen) atoms. The van der Waals surface area contributed by atoms with Gasteiger partial charge in [0.1, 0.15) is 0 Å². The maximum atomic E-state index is 12.6. The van der Waals surface area contributed by atoms with Gasteiger partial charge in [-0.2, -0.15) is 0 Å². The van der Waals surface area contributed by atoms with Crippen LogP contribution >= 0.6 is 0 Å². The molecule has 0 aromatic heterocycles. The van der Waals surface area contributed by atoms with Crippen molar-refractivity contribution in [3.63, 3.8) is 0 Å². The smallest absolute Gasteiger partial charge is 0.308 e. The van der Waals surface area contributed by atoms with Crippen LogP contribution in [-0.4, -0.2) is 18.2 Å². The second kappa shape index (κ2) is 38.4. The first-order valence-electron chi connectivity index (χ1n) is 21.0. The summed E-state index contributed by atoms with van der Waals surface area (Å²) >= 11 is 0. The first-order valence-corrected chi connectivity index (χ1v) is 21.0. The van der Waals surface area contributed by atoms with Crippen molar-refractivity contribution < 1.29 is 19.1 Å². The van der Waals surface area contributed by atoms with Crippen LogP contribution in [0.5, 0.6) is 0 Å². The van der Waals surface area contributed by atoms with E-state index < -0.39 is 6.29 Å². The van der Waals surface area contributed by atoms with Crippen LogP contribution in [0.3, 0.4) is 0 Å². The summed E-state index contributed by atoms with van der Waals surface area (Å²) in [6, 6.07) is 0. The zero-order chi connectivity index (χ0) is 33.6. The minimum absolute atomic E-state index is 0.202. The number of ether oxygens (including phenoxy) is 2. The Kier molecular flexibility index (Phi) is 37.5. The van der Waals surface area contributed by atoms with Crippen molar-refractivity contribution in [2.24, 2.45) is 0 Å². The molecule has 0 N–H and O–H groups in total. The van der Waals surface area contributed by atoms with Gasteiger partial charge < -0.3 is 9.47 Å². The maximum Gasteiger partial charge on any atom is 0.308 e. The Labute approximate surface area is 288 Å². The first kappa shape index (κ1) is 44.9. The molecule has 0 spiro atoms. The molecule has 0 saturated heterocycles. The summed E-state index contributed by atoms with van der Waals surface area (Å²) in [5, 5.41) is 0. The van der Waals surface area contributed by atoms with Crippen LogP contribution in [0.2, 0.25) is 0 Å². The Balaban J connectivity index is 4.20. The van der Waals surface area contributed by atoms with Gasteiger partial charge in [0.15, 0.2) is 0 Å². The number of carbonyl (C=O) groups is 2. The van der Waals surface area contributed by atoms with E-state index in [2.05, 4.69) is 20.8 Å². The van der Waals surface area contributed by atoms with Crippen LogP contribution in [-0.2, 0) is 19.1 Å². The molecule has 0 amide bonds. The zero-order valence-electron chi connectivity index (χ0n) is 31.7. The molecular weight excluding hydrogens is 568 g/mol. The minimum atomic E-state index is -0.709. The number of hydrogen-bond acceptors (Lipinski definition) is 4. The second-order valence-corrected chi connectivity index (χ2v) is 14.3. The Bertz CT molecular complexity index is 579. The van der Waals surface area contributed by atoms with E-state index in [1.54, 1.807) is 0 Å². The van der Waals surface area contributed by atoms with Gasteiger partial charge in [0.2, 0.25) is 6.29 Å². The largest absolute Gasteiger partial charge is 0.425 e. The monoisotopic (exact) mass is 651 g/mol. The fraction of sp³-hybridized carbons (Fsp3) is 0.952. The highest BCUT2D eigenvalue weighted by Crippen LogP contribution is 2.18. The number of carbonyl (C=O) groups excluding carboxylic acids is 2. The summed E-state index contributed by atoms with van der Waals surface area (Å²) in [4.78, 5) is 25.3. The summed E-state index contributed by atoms with van der Waals surface area (Å²) in [5.74, 6) is -0.405. The third-order valence-corrected chi connectivity index (χ3v) is 9.54. The number of esters is 2. The van der Waals surface area contributed by atoms with Gasteiger partial charge in [0.25, 0.3) is 0 Å². The average molecular weight is 651 g/mol. The van der Waals surface area contributed by atoms with Gasteiger partial charge in [-0.15, -0.1) is 0 Å². The van der Waals surface area contributed by atoms with E-state index in [0.717, 1.165) is 38.5 Å². The van der Waals surface area contributed by atoms with Crippen LogP contribution < -0.4 is 0 Å². The van der Waals surface area contributed by atoms with Gasteiger partial charge in [-0.25, -0.2) is 0 Å². The third-order valence-electron chi connectivity index (χ3n) is 9.54. The van der Waals surface area contributed by atoms with Crippen LogP contribution in [0.1, 0.15) is 252 Å². The second-order valence-electron chi connectivity index (χ2n) is 14.3. The van der Waals surface area contributed by atoms with Crippen LogP contribution in [0.4, 0.5) is 0 Å². The number of rotatable bonds is 38. The molecule has 274 valence electrons. The highest BCUT2D eigenvalue weighted by Gasteiger charge is 2.18. The van der Waals surface area contributed by atoms with Crippen molar-refractivity contribution >= 4 is 11.9 Å². The Morgan fingerprint density at radius 3 is 0.804 bits per heavy atom. The van der Waals surface area contributed by atoms with Crippen LogP contribution in [0.25, 0.3) is 0 Å². The molecule has 0 aromatic rings. The van der Waals surface area contributed by atoms with E-state index in [1.807, 2.05) is 0 Å². The lowest BCUT2D eigenvalue weighted by molar-refractivity contribution is -0.189. The molecule has 0 radical (unpaired) electrons. The fourth-order valence-corrected chi connectivity index (χ4v) is 6.40. The highest BCUT2D eigenvalue weighted by molar-refractivity contribution is 5.71. The molecule has 0 rings (SSSR count). The molecular formula is C42H82O4. The Morgan fingerprint density at radius 1 is 0.326 bits per heavy atom. The van der Waals surface area contributed by atoms with Gasteiger partial charge >= 0.3 is 11.9 Å². The van der Waals surface area contributed by atoms with E-state index >= 15 is 0 Å². The standard InChI is InChI=1S/C42H82O4/c1-4-7-10-13-16-19-22-25-28-31-34-37-40(43)45-42(39-36-33-30-27-24-21-18-15-12-9-6-3)46-41(44)38-35-32-29-26-23-20-17-14-11-8-5-2/h42H,4-39H2,1-3H3. The van der Waals surface area contributed by atoms with E-state index in [4.69, 9.17) is 9.47 Å². The Hall–Kier alpha value is -1.06. The SMILES string of the molecule is CCCCCCCCCCCCCC(=O)OC(CCCCCCCCCCCCC)OC(=O)CCCCCCCCCCCCC. The lowest BCUT2D eigenvalue weighted by atomic mass is 10.0. The zero-order valence-corrected chi connectivity index (χ0v) is 31.7. The van der Waals surface area contributed by atoms with Crippen molar-refractivity contribution in [3.8, 4) is 0 Å². The summed E-state index contributed by atoms with van der Waals surface area (Å²) in [5.41, 5.74) is 0. The van der Waals surface area contributed by atoms with Gasteiger partial charge in [-0.1, -0.05) is 213 Å². The average Bonchev–Trinajstić information content (AvgIpc) is 3.05. The molecule has 0 aromatic carbocycles. The molecule has 0 fully saturated rings. The normalized spacial score (nSPS) is 11.4. The van der Waals surface area contributed by atoms with E-state index in [1.165, 1.54) is 173 Å². The molecule has 0 bridgehead atoms. The number of unbranched alkanes of at least 4 members (excludes halogenated alkanes) is 30. The van der Waals surface area contributed by atoms with Gasteiger partial charge in [-0.05, 0) is 19.3 Å². The van der Waals surface area contributed by atoms with E-state index in [0.29, 0.717) is 19.3 Å². The van der Waals surface area contributed by atoms with Crippen molar-refractivity contribution in [2.75, 3.05) is 0 Å². The highest BCUT2D eigenvalue weighted by atomic mass is 16.7. The molecule has 0 aliphatic carbocycles. The molecule has 4 heteroatoms. The summed E-state index contributed by atoms with van der Waals surface area (Å²) < 4.78 is 11.5. The van der Waals surface area contributed by atoms with E-state index in [-0.39, 0.29) is 11.9 Å². The van der Waals surface area contributed by atoms with Crippen molar-refractivity contribution in [2.45, 2.75) is 258 Å². The molecule has 0 unspecified atom stereocenters. The van der Waals surface area contributed by atoms with Crippen LogP contribution in [0.15, 0.2) is 0 Å². The third kappa shape index (κ3) is 35.8. The summed E-state index contributed by atoms with van der Waals surface area (Å²) in [6.45, 7) is 6.80. The molecule has 0 heterocycles. The quantitative estimate of drug-likeness (QED) is 0.0379. The van der Waals surface area contributed by atoms with Crippen molar-refractivity contribution in [1.29, 1.82) is 0 Å². The summed E-state index contributed by atoms with van der Waals surface area (Å²) in [6.07, 6.45) is 42.5. The first-order chi connectivity index (χ1) is 22.6. The van der Waals surface area contributed by atoms with Gasteiger partial charge in [-0.3, -0.25) is 9.59 Å². The summed E-state index contributed by atoms with van der Waals surface area (Å²) in [7, 11) is 0. The minimum Gasteiger partial charge on any atom is -0.425 e. The fourth-order valence-electron chi connectivity index (χ4n) is 6.40. The molecule has 0 atom stereocenters. The topological polar surface area (TPSA) is 52.6 Å². The van der Waals surface area contributed by atoms with Crippen LogP contribution in [0, 0.1) is 0 Å². The molecule has 0 aliphatic rings. The maximum absolute atomic E-state index is 12.6. The predicted molar refractivity (Wildman–Crippen MR) is 199 cm³/mol. The molecule has 0 saturated carbocycles. The molecule has 0 aliphatic heterocycles.